The van der Waals surface area contributed by atoms with E-state index in [1.54, 1.807) is 30.3 Å². The third-order valence-electron chi connectivity index (χ3n) is 3.81. The van der Waals surface area contributed by atoms with Crippen LogP contribution in [0.3, 0.4) is 0 Å². The minimum Gasteiger partial charge on any atom is -0.493 e. The molecule has 9 heteroatoms. The van der Waals surface area contributed by atoms with Crippen LogP contribution in [0, 0.1) is 10.6 Å². The maximum absolute atomic E-state index is 14.1. The number of nitrogens with zero attached hydrogens (tertiary/aromatic N) is 3. The van der Waals surface area contributed by atoms with Crippen LogP contribution in [-0.4, -0.2) is 42.4 Å². The van der Waals surface area contributed by atoms with Crippen molar-refractivity contribution in [2.45, 2.75) is 0 Å². The van der Waals surface area contributed by atoms with E-state index >= 15 is 0 Å². The smallest absolute Gasteiger partial charge is 0.216 e. The Bertz CT molecular complexity index is 1050. The number of H-pyrrole nitrogens is 1. The Morgan fingerprint density at radius 3 is 2.48 bits per heavy atom. The summed E-state index contributed by atoms with van der Waals surface area (Å²) in [5.74, 6) is 1.25. The predicted octanol–water partition coefficient (Wildman–Crippen LogP) is 3.65. The number of nitrogens with one attached hydrogen (secondary N) is 1. The van der Waals surface area contributed by atoms with Crippen molar-refractivity contribution in [2.75, 3.05) is 21.3 Å². The number of methoxy groups -OCH3 is 3. The van der Waals surface area contributed by atoms with Gasteiger partial charge in [0, 0.05) is 5.56 Å². The van der Waals surface area contributed by atoms with Crippen molar-refractivity contribution in [1.82, 2.24) is 14.9 Å². The van der Waals surface area contributed by atoms with Gasteiger partial charge in [0.2, 0.25) is 10.5 Å². The first-order valence-corrected chi connectivity index (χ1v) is 8.27. The highest BCUT2D eigenvalue weighted by molar-refractivity contribution is 7.71. The Morgan fingerprint density at radius 2 is 1.81 bits per heavy atom. The van der Waals surface area contributed by atoms with Crippen molar-refractivity contribution in [3.63, 3.8) is 0 Å². The van der Waals surface area contributed by atoms with Crippen LogP contribution < -0.4 is 14.2 Å². The van der Waals surface area contributed by atoms with E-state index in [1.807, 2.05) is 0 Å². The summed E-state index contributed by atoms with van der Waals surface area (Å²) in [7, 11) is 4.57. The molecule has 1 aromatic heterocycles. The Kier molecular flexibility index (Phi) is 5.51. The van der Waals surface area contributed by atoms with Crippen molar-refractivity contribution >= 4 is 18.4 Å². The molecule has 0 bridgehead atoms. The summed E-state index contributed by atoms with van der Waals surface area (Å²) in [5, 5.41) is 11.1. The minimum atomic E-state index is -0.424. The van der Waals surface area contributed by atoms with Gasteiger partial charge in [-0.1, -0.05) is 12.1 Å². The van der Waals surface area contributed by atoms with Crippen LogP contribution in [0.1, 0.15) is 5.56 Å². The molecule has 0 aliphatic carbocycles. The predicted molar refractivity (Wildman–Crippen MR) is 102 cm³/mol. The van der Waals surface area contributed by atoms with Gasteiger partial charge in [0.05, 0.1) is 33.1 Å². The van der Waals surface area contributed by atoms with Gasteiger partial charge in [-0.25, -0.2) is 9.49 Å². The van der Waals surface area contributed by atoms with Crippen LogP contribution in [0.4, 0.5) is 4.39 Å². The third kappa shape index (κ3) is 3.54. The molecule has 27 heavy (non-hydrogen) atoms. The molecule has 7 nitrogen and oxygen atoms in total. The molecule has 3 rings (SSSR count). The molecule has 2 aromatic carbocycles. The van der Waals surface area contributed by atoms with Crippen LogP contribution in [-0.2, 0) is 0 Å². The van der Waals surface area contributed by atoms with E-state index in [1.165, 1.54) is 38.3 Å². The van der Waals surface area contributed by atoms with E-state index in [2.05, 4.69) is 15.3 Å². The largest absolute Gasteiger partial charge is 0.493 e. The zero-order valence-electron chi connectivity index (χ0n) is 14.9. The number of hydrogen-bond acceptors (Lipinski definition) is 6. The van der Waals surface area contributed by atoms with E-state index in [0.717, 1.165) is 0 Å². The number of ether oxygens (including phenoxy) is 3. The zero-order chi connectivity index (χ0) is 19.4. The van der Waals surface area contributed by atoms with Gasteiger partial charge in [-0.3, -0.25) is 0 Å². The monoisotopic (exact) mass is 388 g/mol. The molecule has 3 aromatic rings. The van der Waals surface area contributed by atoms with Crippen molar-refractivity contribution in [3.8, 4) is 28.6 Å². The lowest BCUT2D eigenvalue weighted by atomic mass is 10.2. The summed E-state index contributed by atoms with van der Waals surface area (Å²) >= 11 is 5.21. The highest BCUT2D eigenvalue weighted by atomic mass is 32.1. The first kappa shape index (κ1) is 18.6. The summed E-state index contributed by atoms with van der Waals surface area (Å²) in [6.07, 6.45) is 1.52. The fourth-order valence-corrected chi connectivity index (χ4v) is 2.74. The van der Waals surface area contributed by atoms with E-state index in [4.69, 9.17) is 26.4 Å². The average molecular weight is 388 g/mol. The molecular formula is C18H17FN4O3S. The second-order valence-corrected chi connectivity index (χ2v) is 5.70. The Morgan fingerprint density at radius 1 is 1.07 bits per heavy atom. The molecule has 140 valence electrons. The van der Waals surface area contributed by atoms with E-state index < -0.39 is 5.82 Å². The minimum absolute atomic E-state index is 0.226. The summed E-state index contributed by atoms with van der Waals surface area (Å²) in [4.78, 5) is 0. The highest BCUT2D eigenvalue weighted by Gasteiger charge is 2.16. The van der Waals surface area contributed by atoms with E-state index in [-0.39, 0.29) is 16.2 Å². The second-order valence-electron chi connectivity index (χ2n) is 5.31. The van der Waals surface area contributed by atoms with Gasteiger partial charge < -0.3 is 14.2 Å². The number of benzene rings is 2. The maximum atomic E-state index is 14.1. The van der Waals surface area contributed by atoms with Crippen LogP contribution >= 0.6 is 12.2 Å². The Hall–Kier alpha value is -3.20. The Balaban J connectivity index is 2.07. The Labute approximate surface area is 160 Å². The molecule has 0 spiro atoms. The van der Waals surface area contributed by atoms with Gasteiger partial charge >= 0.3 is 0 Å². The lowest BCUT2D eigenvalue weighted by Gasteiger charge is -2.13. The van der Waals surface area contributed by atoms with Gasteiger partial charge in [0.1, 0.15) is 5.82 Å². The fourth-order valence-electron chi connectivity index (χ4n) is 2.56. The molecule has 0 saturated heterocycles. The van der Waals surface area contributed by atoms with Crippen LogP contribution in [0.2, 0.25) is 0 Å². The lowest BCUT2D eigenvalue weighted by molar-refractivity contribution is 0.324. The molecule has 0 fully saturated rings. The molecule has 0 saturated carbocycles. The van der Waals surface area contributed by atoms with Crippen molar-refractivity contribution < 1.29 is 18.6 Å². The molecule has 0 aliphatic rings. The van der Waals surface area contributed by atoms with Gasteiger partial charge in [0.15, 0.2) is 17.3 Å². The standard InChI is InChI=1S/C18H17FN4O3S/c1-24-14-9-8-11(15(25-2)16(14)26-3)10-20-23-17(21-22-18(23)27)12-6-4-5-7-13(12)19/h4-10H,1-3H3,(H,22,27)/b20-10+. The lowest BCUT2D eigenvalue weighted by Crippen LogP contribution is -2.00. The molecule has 1 heterocycles. The number of aromatic nitrogens is 3. The average Bonchev–Trinajstić information content (AvgIpc) is 3.05. The molecule has 0 radical (unpaired) electrons. The first-order valence-electron chi connectivity index (χ1n) is 7.86. The van der Waals surface area contributed by atoms with E-state index in [9.17, 15) is 4.39 Å². The normalized spacial score (nSPS) is 11.0. The second kappa shape index (κ2) is 8.00. The highest BCUT2D eigenvalue weighted by Crippen LogP contribution is 2.39. The van der Waals surface area contributed by atoms with Crippen LogP contribution in [0.15, 0.2) is 41.5 Å². The molecule has 1 N–H and O–H groups in total. The van der Waals surface area contributed by atoms with Gasteiger partial charge in [-0.05, 0) is 36.5 Å². The van der Waals surface area contributed by atoms with Gasteiger partial charge in [-0.15, -0.1) is 0 Å². The maximum Gasteiger partial charge on any atom is 0.216 e. The quantitative estimate of drug-likeness (QED) is 0.515. The number of halogens is 1. The van der Waals surface area contributed by atoms with E-state index in [0.29, 0.717) is 22.8 Å². The van der Waals surface area contributed by atoms with Gasteiger partial charge in [0.25, 0.3) is 0 Å². The topological polar surface area (TPSA) is 73.7 Å². The summed E-state index contributed by atoms with van der Waals surface area (Å²) in [6, 6.07) is 9.75. The molecule has 0 amide bonds. The van der Waals surface area contributed by atoms with Crippen molar-refractivity contribution in [3.05, 3.63) is 52.5 Å². The summed E-state index contributed by atoms with van der Waals surface area (Å²) < 4.78 is 31.7. The third-order valence-corrected chi connectivity index (χ3v) is 4.08. The molecule has 0 aliphatic heterocycles. The van der Waals surface area contributed by atoms with Crippen molar-refractivity contribution in [2.24, 2.45) is 5.10 Å². The van der Waals surface area contributed by atoms with Crippen LogP contribution in [0.5, 0.6) is 17.2 Å². The fraction of sp³-hybridized carbons (Fsp3) is 0.167. The number of hydrogen-bond donors (Lipinski definition) is 1. The molecule has 0 atom stereocenters. The SMILES string of the molecule is COc1ccc(/C=N/n2c(-c3ccccc3F)n[nH]c2=S)c(OC)c1OC. The molecular weight excluding hydrogens is 371 g/mol. The van der Waals surface area contributed by atoms with Gasteiger partial charge in [-0.2, -0.15) is 14.9 Å². The molecule has 0 unspecified atom stereocenters. The first-order chi connectivity index (χ1) is 13.1. The number of aromatic amines is 1. The zero-order valence-corrected chi connectivity index (χ0v) is 15.7. The van der Waals surface area contributed by atoms with Crippen LogP contribution in [0.25, 0.3) is 11.4 Å². The summed E-state index contributed by atoms with van der Waals surface area (Å²) in [5.41, 5.74) is 0.902. The summed E-state index contributed by atoms with van der Waals surface area (Å²) in [6.45, 7) is 0. The number of rotatable bonds is 6. The van der Waals surface area contributed by atoms with Crippen molar-refractivity contribution in [1.29, 1.82) is 0 Å².